The maximum atomic E-state index is 3.90. The number of benzene rings is 11. The zero-order valence-corrected chi connectivity index (χ0v) is 36.1. The molecule has 0 atom stereocenters. The van der Waals surface area contributed by atoms with Crippen molar-refractivity contribution in [2.24, 2.45) is 0 Å². The molecule has 13 rings (SSSR count). The van der Waals surface area contributed by atoms with Gasteiger partial charge in [0.25, 0.3) is 0 Å². The summed E-state index contributed by atoms with van der Waals surface area (Å²) >= 11 is 0. The second-order valence-electron chi connectivity index (χ2n) is 17.4. The Labute approximate surface area is 384 Å². The van der Waals surface area contributed by atoms with E-state index in [1.807, 2.05) is 0 Å². The van der Waals surface area contributed by atoms with Crippen LogP contribution in [0.15, 0.2) is 249 Å². The molecule has 0 fully saturated rings. The van der Waals surface area contributed by atoms with Crippen molar-refractivity contribution in [1.82, 2.24) is 4.57 Å². The Kier molecular flexibility index (Phi) is 8.89. The van der Waals surface area contributed by atoms with Gasteiger partial charge >= 0.3 is 0 Å². The van der Waals surface area contributed by atoms with Crippen LogP contribution in [0.4, 0.5) is 11.4 Å². The van der Waals surface area contributed by atoms with E-state index in [0.29, 0.717) is 0 Å². The summed E-state index contributed by atoms with van der Waals surface area (Å²) in [7, 11) is 0. The predicted molar refractivity (Wildman–Crippen MR) is 280 cm³/mol. The minimum atomic E-state index is 1.06. The van der Waals surface area contributed by atoms with E-state index in [4.69, 9.17) is 0 Å². The summed E-state index contributed by atoms with van der Waals surface area (Å²) in [4.78, 5) is 0. The number of hydrogen-bond acceptors (Lipinski definition) is 1. The molecular weight excluding hydrogens is 797 g/mol. The first-order valence-electron chi connectivity index (χ1n) is 22.7. The van der Waals surface area contributed by atoms with Gasteiger partial charge in [0.15, 0.2) is 0 Å². The molecule has 1 aliphatic heterocycles. The molecule has 0 saturated heterocycles. The van der Waals surface area contributed by atoms with Gasteiger partial charge in [0.2, 0.25) is 0 Å². The van der Waals surface area contributed by atoms with Crippen molar-refractivity contribution in [2.75, 3.05) is 5.32 Å². The molecule has 2 heteroatoms. The van der Waals surface area contributed by atoms with Crippen LogP contribution in [0.5, 0.6) is 0 Å². The quantitative estimate of drug-likeness (QED) is 0.169. The molecule has 66 heavy (non-hydrogen) atoms. The Bertz CT molecular complexity index is 3810. The van der Waals surface area contributed by atoms with Crippen molar-refractivity contribution in [3.05, 3.63) is 249 Å². The van der Waals surface area contributed by atoms with Crippen molar-refractivity contribution >= 4 is 44.0 Å². The summed E-state index contributed by atoms with van der Waals surface area (Å²) in [6.45, 7) is 0. The van der Waals surface area contributed by atoms with Crippen molar-refractivity contribution in [3.63, 3.8) is 0 Å². The molecule has 1 N–H and O–H groups in total. The van der Waals surface area contributed by atoms with Crippen LogP contribution in [0, 0.1) is 0 Å². The molecule has 0 aliphatic carbocycles. The fraction of sp³-hybridized carbons (Fsp3) is 0. The van der Waals surface area contributed by atoms with Gasteiger partial charge in [-0.3, -0.25) is 0 Å². The van der Waals surface area contributed by atoms with Crippen LogP contribution < -0.4 is 5.32 Å². The molecule has 308 valence electrons. The lowest BCUT2D eigenvalue weighted by atomic mass is 9.91. The number of fused-ring (bicyclic) bond motifs is 9. The Morgan fingerprint density at radius 2 is 0.742 bits per heavy atom. The van der Waals surface area contributed by atoms with Crippen molar-refractivity contribution in [2.45, 2.75) is 0 Å². The second kappa shape index (κ2) is 15.5. The molecule has 0 unspecified atom stereocenters. The highest BCUT2D eigenvalue weighted by Gasteiger charge is 2.25. The third kappa shape index (κ3) is 6.34. The molecule has 0 spiro atoms. The lowest BCUT2D eigenvalue weighted by Gasteiger charge is -2.18. The van der Waals surface area contributed by atoms with Crippen molar-refractivity contribution in [3.8, 4) is 83.6 Å². The highest BCUT2D eigenvalue weighted by Crippen LogP contribution is 2.48. The minimum Gasteiger partial charge on any atom is -0.354 e. The molecule has 1 aromatic heterocycles. The Balaban J connectivity index is 0.886. The van der Waals surface area contributed by atoms with E-state index in [1.165, 1.54) is 111 Å². The number of hydrogen-bond donors (Lipinski definition) is 1. The van der Waals surface area contributed by atoms with Crippen LogP contribution in [0.2, 0.25) is 0 Å². The van der Waals surface area contributed by atoms with Crippen molar-refractivity contribution in [1.29, 1.82) is 0 Å². The normalized spacial score (nSPS) is 11.6. The van der Waals surface area contributed by atoms with E-state index >= 15 is 0 Å². The maximum absolute atomic E-state index is 3.90. The van der Waals surface area contributed by atoms with Crippen LogP contribution >= 0.6 is 0 Å². The molecule has 11 aromatic carbocycles. The largest absolute Gasteiger partial charge is 0.354 e. The van der Waals surface area contributed by atoms with Gasteiger partial charge in [-0.2, -0.15) is 0 Å². The summed E-state index contributed by atoms with van der Waals surface area (Å²) in [6, 6.07) is 90.8. The van der Waals surface area contributed by atoms with Crippen LogP contribution in [0.1, 0.15) is 0 Å². The maximum Gasteiger partial charge on any atom is 0.0619 e. The summed E-state index contributed by atoms with van der Waals surface area (Å²) < 4.78 is 2.50. The van der Waals surface area contributed by atoms with Gasteiger partial charge in [-0.15, -0.1) is 0 Å². The van der Waals surface area contributed by atoms with E-state index in [0.717, 1.165) is 16.9 Å². The van der Waals surface area contributed by atoms with E-state index < -0.39 is 0 Å². The standard InChI is InChI=1S/C64H42N2/c1-4-15-42(16-5-1)50-32-35-62-58(39-50)53-24-13-12-23-52(53)54-25-14-26-55-59-40-51(33-36-63(59)66(62)64(54)55)44-29-27-43(28-30-44)49-31-34-60(56(38-49)45-17-6-2-7-18-45)65-61-41-48-22-11-10-21-47(48)37-57(61)46-19-8-3-9-20-46/h1-41,65H. The van der Waals surface area contributed by atoms with Gasteiger partial charge in [-0.25, -0.2) is 0 Å². The van der Waals surface area contributed by atoms with Gasteiger partial charge in [0.05, 0.1) is 16.7 Å². The third-order valence-corrected chi connectivity index (χ3v) is 13.5. The van der Waals surface area contributed by atoms with Gasteiger partial charge in [0.1, 0.15) is 0 Å². The molecule has 0 saturated carbocycles. The number of nitrogens with one attached hydrogen (secondary N) is 1. The number of para-hydroxylation sites is 1. The average molecular weight is 839 g/mol. The van der Waals surface area contributed by atoms with Gasteiger partial charge < -0.3 is 9.88 Å². The highest BCUT2D eigenvalue weighted by molar-refractivity contribution is 6.17. The van der Waals surface area contributed by atoms with Crippen LogP contribution in [-0.2, 0) is 0 Å². The van der Waals surface area contributed by atoms with Crippen molar-refractivity contribution < 1.29 is 0 Å². The zero-order valence-electron chi connectivity index (χ0n) is 36.1. The fourth-order valence-corrected chi connectivity index (χ4v) is 10.3. The molecule has 2 nitrogen and oxygen atoms in total. The first-order chi connectivity index (χ1) is 32.7. The molecule has 2 heterocycles. The van der Waals surface area contributed by atoms with Crippen LogP contribution in [0.25, 0.3) is 116 Å². The smallest absolute Gasteiger partial charge is 0.0619 e. The van der Waals surface area contributed by atoms with Gasteiger partial charge in [-0.05, 0) is 115 Å². The van der Waals surface area contributed by atoms with Crippen LogP contribution in [0.3, 0.4) is 0 Å². The molecule has 0 bridgehead atoms. The van der Waals surface area contributed by atoms with E-state index in [-0.39, 0.29) is 0 Å². The Hall–Kier alpha value is -8.72. The van der Waals surface area contributed by atoms with E-state index in [9.17, 15) is 0 Å². The SMILES string of the molecule is c1ccc(-c2ccc3c(c2)-c2ccccc2-c2cccc4c5cc(-c6ccc(-c7ccc(Nc8cc9ccccc9cc8-c8ccccc8)c(-c8ccccc8)c7)cc6)ccc5n-3c24)cc1. The van der Waals surface area contributed by atoms with Crippen LogP contribution in [-0.4, -0.2) is 4.57 Å². The average Bonchev–Trinajstić information content (AvgIpc) is 3.66. The summed E-state index contributed by atoms with van der Waals surface area (Å²) in [5.41, 5.74) is 22.7. The van der Waals surface area contributed by atoms with E-state index in [2.05, 4.69) is 259 Å². The number of aromatic nitrogens is 1. The van der Waals surface area contributed by atoms with Gasteiger partial charge in [-0.1, -0.05) is 200 Å². The first-order valence-corrected chi connectivity index (χ1v) is 22.7. The minimum absolute atomic E-state index is 1.06. The number of rotatable bonds is 7. The number of nitrogens with zero attached hydrogens (tertiary/aromatic N) is 1. The monoisotopic (exact) mass is 838 g/mol. The molecule has 12 aromatic rings. The topological polar surface area (TPSA) is 17.0 Å². The predicted octanol–water partition coefficient (Wildman–Crippen LogP) is 17.7. The zero-order chi connectivity index (χ0) is 43.6. The summed E-state index contributed by atoms with van der Waals surface area (Å²) in [5.74, 6) is 0. The lowest BCUT2D eigenvalue weighted by molar-refractivity contribution is 1.19. The Morgan fingerprint density at radius 3 is 1.42 bits per heavy atom. The lowest BCUT2D eigenvalue weighted by Crippen LogP contribution is -1.97. The molecule has 0 radical (unpaired) electrons. The van der Waals surface area contributed by atoms with E-state index in [1.54, 1.807) is 0 Å². The second-order valence-corrected chi connectivity index (χ2v) is 17.4. The molecule has 0 amide bonds. The molecular formula is C64H42N2. The molecule has 1 aliphatic rings. The number of anilines is 2. The third-order valence-electron chi connectivity index (χ3n) is 13.5. The Morgan fingerprint density at radius 1 is 0.258 bits per heavy atom. The fourth-order valence-electron chi connectivity index (χ4n) is 10.3. The highest BCUT2D eigenvalue weighted by atomic mass is 15.0. The summed E-state index contributed by atoms with van der Waals surface area (Å²) in [5, 5.41) is 8.84. The van der Waals surface area contributed by atoms with Gasteiger partial charge in [0, 0.05) is 44.4 Å². The summed E-state index contributed by atoms with van der Waals surface area (Å²) in [6.07, 6.45) is 0. The first kappa shape index (κ1) is 37.8.